The number of para-hydroxylation sites is 1. The van der Waals surface area contributed by atoms with Crippen LogP contribution < -0.4 is 4.74 Å². The molecule has 0 amide bonds. The van der Waals surface area contributed by atoms with Gasteiger partial charge in [0, 0.05) is 19.6 Å². The predicted octanol–water partition coefficient (Wildman–Crippen LogP) is 2.74. The largest absolute Gasteiger partial charge is 0.493 e. The minimum atomic E-state index is -0.976. The highest BCUT2D eigenvalue weighted by atomic mass is 16.5. The lowest BCUT2D eigenvalue weighted by Crippen LogP contribution is -2.24. The van der Waals surface area contributed by atoms with Gasteiger partial charge >= 0.3 is 5.97 Å². The third kappa shape index (κ3) is 5.36. The maximum absolute atomic E-state index is 11.0. The molecule has 0 saturated carbocycles. The summed E-state index contributed by atoms with van der Waals surface area (Å²) >= 11 is 0. The summed E-state index contributed by atoms with van der Waals surface area (Å²) in [6.45, 7) is 2.50. The minimum Gasteiger partial charge on any atom is -0.493 e. The fraction of sp³-hybridized carbons (Fsp3) is 0.562. The Balaban J connectivity index is 1.60. The van der Waals surface area contributed by atoms with Crippen LogP contribution in [0, 0.1) is 0 Å². The van der Waals surface area contributed by atoms with Crippen molar-refractivity contribution in [2.24, 2.45) is 0 Å². The molecule has 1 aromatic carbocycles. The van der Waals surface area contributed by atoms with Crippen molar-refractivity contribution in [2.75, 3.05) is 26.4 Å². The number of carboxylic acids is 1. The Kier molecular flexibility index (Phi) is 6.50. The Labute approximate surface area is 124 Å². The van der Waals surface area contributed by atoms with Gasteiger partial charge in [-0.2, -0.15) is 0 Å². The van der Waals surface area contributed by atoms with E-state index in [2.05, 4.69) is 0 Å². The second-order valence-corrected chi connectivity index (χ2v) is 5.07. The van der Waals surface area contributed by atoms with E-state index in [0.717, 1.165) is 25.9 Å². The fourth-order valence-corrected chi connectivity index (χ4v) is 2.27. The van der Waals surface area contributed by atoms with Gasteiger partial charge in [0.15, 0.2) is 0 Å². The minimum absolute atomic E-state index is 0.189. The van der Waals surface area contributed by atoms with Crippen molar-refractivity contribution < 1.29 is 24.1 Å². The molecule has 1 N–H and O–H groups in total. The van der Waals surface area contributed by atoms with Crippen LogP contribution in [0.3, 0.4) is 0 Å². The maximum atomic E-state index is 11.0. The lowest BCUT2D eigenvalue weighted by Gasteiger charge is -2.22. The smallest absolute Gasteiger partial charge is 0.339 e. The molecule has 21 heavy (non-hydrogen) atoms. The van der Waals surface area contributed by atoms with Gasteiger partial charge in [0.2, 0.25) is 0 Å². The molecule has 1 unspecified atom stereocenters. The van der Waals surface area contributed by atoms with Gasteiger partial charge in [-0.3, -0.25) is 0 Å². The van der Waals surface area contributed by atoms with E-state index in [-0.39, 0.29) is 11.7 Å². The summed E-state index contributed by atoms with van der Waals surface area (Å²) in [6, 6.07) is 6.65. The first-order valence-corrected chi connectivity index (χ1v) is 7.42. The van der Waals surface area contributed by atoms with Crippen molar-refractivity contribution in [3.05, 3.63) is 29.8 Å². The van der Waals surface area contributed by atoms with Crippen LogP contribution in [-0.2, 0) is 9.47 Å². The van der Waals surface area contributed by atoms with E-state index in [0.29, 0.717) is 25.6 Å². The Hall–Kier alpha value is -1.59. The molecule has 5 nitrogen and oxygen atoms in total. The van der Waals surface area contributed by atoms with E-state index in [1.54, 1.807) is 18.2 Å². The molecule has 1 saturated heterocycles. The molecule has 0 bridgehead atoms. The van der Waals surface area contributed by atoms with Gasteiger partial charge < -0.3 is 19.3 Å². The molecule has 0 aliphatic carbocycles. The van der Waals surface area contributed by atoms with Gasteiger partial charge in [0.05, 0.1) is 19.3 Å². The molecule has 1 aliphatic rings. The molecule has 1 aliphatic heterocycles. The van der Waals surface area contributed by atoms with Gasteiger partial charge in [-0.05, 0) is 31.4 Å². The molecule has 0 radical (unpaired) electrons. The molecular weight excluding hydrogens is 272 g/mol. The monoisotopic (exact) mass is 294 g/mol. The predicted molar refractivity (Wildman–Crippen MR) is 77.9 cm³/mol. The van der Waals surface area contributed by atoms with Crippen molar-refractivity contribution in [1.82, 2.24) is 0 Å². The van der Waals surface area contributed by atoms with E-state index in [4.69, 9.17) is 19.3 Å². The molecule has 2 rings (SSSR count). The molecule has 1 atom stereocenters. The Bertz CT molecular complexity index is 440. The zero-order chi connectivity index (χ0) is 14.9. The lowest BCUT2D eigenvalue weighted by molar-refractivity contribution is -0.0419. The number of ether oxygens (including phenoxy) is 3. The molecule has 5 heteroatoms. The maximum Gasteiger partial charge on any atom is 0.339 e. The van der Waals surface area contributed by atoms with Gasteiger partial charge in [-0.1, -0.05) is 12.1 Å². The van der Waals surface area contributed by atoms with Crippen LogP contribution in [0.5, 0.6) is 5.75 Å². The Morgan fingerprint density at radius 1 is 1.29 bits per heavy atom. The molecule has 1 fully saturated rings. The van der Waals surface area contributed by atoms with Crippen LogP contribution >= 0.6 is 0 Å². The Morgan fingerprint density at radius 3 is 2.90 bits per heavy atom. The number of carbonyl (C=O) groups is 1. The van der Waals surface area contributed by atoms with Gasteiger partial charge in [-0.15, -0.1) is 0 Å². The van der Waals surface area contributed by atoms with Crippen molar-refractivity contribution in [2.45, 2.75) is 31.8 Å². The molecule has 116 valence electrons. The summed E-state index contributed by atoms with van der Waals surface area (Å²) in [4.78, 5) is 11.0. The zero-order valence-corrected chi connectivity index (χ0v) is 12.1. The van der Waals surface area contributed by atoms with Crippen LogP contribution in [0.25, 0.3) is 0 Å². The number of hydrogen-bond donors (Lipinski definition) is 1. The molecule has 1 heterocycles. The Morgan fingerprint density at radius 2 is 2.14 bits per heavy atom. The molecule has 0 aromatic heterocycles. The zero-order valence-electron chi connectivity index (χ0n) is 12.1. The summed E-state index contributed by atoms with van der Waals surface area (Å²) in [5, 5.41) is 9.03. The normalized spacial score (nSPS) is 18.4. The third-order valence-corrected chi connectivity index (χ3v) is 3.39. The standard InChI is InChI=1S/C16H22O5/c17-16(18)14-7-1-2-8-15(14)21-11-5-9-19-12-13-6-3-4-10-20-13/h1-2,7-8,13H,3-6,9-12H2,(H,17,18). The van der Waals surface area contributed by atoms with E-state index < -0.39 is 5.97 Å². The SMILES string of the molecule is O=C(O)c1ccccc1OCCCOCC1CCCCO1. The number of rotatable bonds is 8. The number of hydrogen-bond acceptors (Lipinski definition) is 4. The topological polar surface area (TPSA) is 65.0 Å². The highest BCUT2D eigenvalue weighted by molar-refractivity contribution is 5.90. The fourth-order valence-electron chi connectivity index (χ4n) is 2.27. The van der Waals surface area contributed by atoms with Crippen molar-refractivity contribution >= 4 is 5.97 Å². The third-order valence-electron chi connectivity index (χ3n) is 3.39. The average Bonchev–Trinajstić information content (AvgIpc) is 2.52. The molecular formula is C16H22O5. The van der Waals surface area contributed by atoms with E-state index >= 15 is 0 Å². The van der Waals surface area contributed by atoms with Crippen LogP contribution in [0.15, 0.2) is 24.3 Å². The molecule has 0 spiro atoms. The van der Waals surface area contributed by atoms with Gasteiger partial charge in [0.25, 0.3) is 0 Å². The van der Waals surface area contributed by atoms with Crippen LogP contribution in [-0.4, -0.2) is 43.6 Å². The summed E-state index contributed by atoms with van der Waals surface area (Å²) in [5.41, 5.74) is 0.189. The van der Waals surface area contributed by atoms with Gasteiger partial charge in [-0.25, -0.2) is 4.79 Å². The second kappa shape index (κ2) is 8.64. The highest BCUT2D eigenvalue weighted by Crippen LogP contribution is 2.18. The van der Waals surface area contributed by atoms with Crippen LogP contribution in [0.2, 0.25) is 0 Å². The first-order valence-electron chi connectivity index (χ1n) is 7.42. The summed E-state index contributed by atoms with van der Waals surface area (Å²) in [7, 11) is 0. The summed E-state index contributed by atoms with van der Waals surface area (Å²) in [6.07, 6.45) is 4.38. The van der Waals surface area contributed by atoms with Crippen LogP contribution in [0.4, 0.5) is 0 Å². The van der Waals surface area contributed by atoms with Crippen LogP contribution in [0.1, 0.15) is 36.0 Å². The first-order chi connectivity index (χ1) is 10.3. The number of aromatic carboxylic acids is 1. The summed E-state index contributed by atoms with van der Waals surface area (Å²) < 4.78 is 16.6. The van der Waals surface area contributed by atoms with Crippen molar-refractivity contribution in [3.63, 3.8) is 0 Å². The first kappa shape index (κ1) is 15.8. The highest BCUT2D eigenvalue weighted by Gasteiger charge is 2.13. The number of carboxylic acid groups (broad SMARTS) is 1. The number of benzene rings is 1. The van der Waals surface area contributed by atoms with Gasteiger partial charge in [0.1, 0.15) is 11.3 Å². The second-order valence-electron chi connectivity index (χ2n) is 5.07. The summed E-state index contributed by atoms with van der Waals surface area (Å²) in [5.74, 6) is -0.572. The van der Waals surface area contributed by atoms with E-state index in [9.17, 15) is 4.79 Å². The average molecular weight is 294 g/mol. The van der Waals surface area contributed by atoms with E-state index in [1.807, 2.05) is 0 Å². The quantitative estimate of drug-likeness (QED) is 0.747. The van der Waals surface area contributed by atoms with Crippen molar-refractivity contribution in [3.8, 4) is 5.75 Å². The lowest BCUT2D eigenvalue weighted by atomic mass is 10.1. The van der Waals surface area contributed by atoms with E-state index in [1.165, 1.54) is 12.5 Å². The molecule has 1 aromatic rings. The van der Waals surface area contributed by atoms with Crippen molar-refractivity contribution in [1.29, 1.82) is 0 Å².